The van der Waals surface area contributed by atoms with E-state index in [1.807, 2.05) is 37.3 Å². The number of benzene rings is 3. The van der Waals surface area contributed by atoms with Gasteiger partial charge in [-0.05, 0) is 66.5 Å². The van der Waals surface area contributed by atoms with Crippen LogP contribution < -0.4 is 10.5 Å². The van der Waals surface area contributed by atoms with E-state index in [0.717, 1.165) is 56.9 Å². The molecule has 2 heterocycles. The Morgan fingerprint density at radius 2 is 1.92 bits per heavy atom. The van der Waals surface area contributed by atoms with Crippen LogP contribution in [0, 0.1) is 6.92 Å². The number of nitrogen functional groups attached to an aromatic ring is 1. The summed E-state index contributed by atoms with van der Waals surface area (Å²) in [5.74, 6) is 0.248. The summed E-state index contributed by atoms with van der Waals surface area (Å²) in [7, 11) is 0. The maximum Gasteiger partial charge on any atom is 0.307 e. The van der Waals surface area contributed by atoms with Gasteiger partial charge in [0, 0.05) is 22.5 Å². The van der Waals surface area contributed by atoms with Gasteiger partial charge in [-0.25, -0.2) is 4.98 Å². The summed E-state index contributed by atoms with van der Waals surface area (Å²) in [6.45, 7) is 2.19. The van der Waals surface area contributed by atoms with E-state index < -0.39 is 5.97 Å². The number of para-hydroxylation sites is 1. The predicted octanol–water partition coefficient (Wildman–Crippen LogP) is 6.07. The monoisotopic (exact) mass is 492 g/mol. The summed E-state index contributed by atoms with van der Waals surface area (Å²) in [5.41, 5.74) is 11.8. The van der Waals surface area contributed by atoms with E-state index in [0.29, 0.717) is 23.2 Å². The molecule has 0 radical (unpaired) electrons. The molecule has 3 N–H and O–H groups in total. The minimum atomic E-state index is -0.884. The molecule has 2 aromatic heterocycles. The highest BCUT2D eigenvalue weighted by Gasteiger charge is 2.24. The molecule has 37 heavy (non-hydrogen) atoms. The topological polar surface area (TPSA) is 103 Å². The Labute approximate surface area is 214 Å². The van der Waals surface area contributed by atoms with Crippen molar-refractivity contribution < 1.29 is 14.6 Å². The molecule has 0 amide bonds. The third-order valence-electron chi connectivity index (χ3n) is 7.34. The van der Waals surface area contributed by atoms with Crippen LogP contribution in [0.15, 0.2) is 66.9 Å². The largest absolute Gasteiger partial charge is 0.487 e. The van der Waals surface area contributed by atoms with E-state index in [4.69, 9.17) is 15.6 Å². The lowest BCUT2D eigenvalue weighted by Gasteiger charge is -2.26. The Balaban J connectivity index is 1.43. The number of fused-ring (bicyclic) bond motifs is 2. The second-order valence-electron chi connectivity index (χ2n) is 9.73. The normalized spacial score (nSPS) is 13.6. The smallest absolute Gasteiger partial charge is 0.307 e. The van der Waals surface area contributed by atoms with Gasteiger partial charge in [-0.15, -0.1) is 0 Å². The number of carboxylic acid groups (broad SMARTS) is 1. The fraction of sp³-hybridized carbons (Fsp3) is 0.233. The van der Waals surface area contributed by atoms with E-state index in [-0.39, 0.29) is 13.0 Å². The molecule has 0 unspecified atom stereocenters. The molecule has 3 aromatic carbocycles. The van der Waals surface area contributed by atoms with Crippen molar-refractivity contribution in [3.63, 3.8) is 0 Å². The number of aryl methyl sites for hydroxylation is 1. The van der Waals surface area contributed by atoms with Crippen LogP contribution in [0.1, 0.15) is 42.1 Å². The summed E-state index contributed by atoms with van der Waals surface area (Å²) in [4.78, 5) is 15.6. The number of anilines is 1. The number of carboxylic acids is 1. The standard InChI is InChI=1S/C30H28N4O3/c1-18-5-2-6-20(16-28(35)36)29(18)37-17-26-25-15-19(11-12-27(25)34(33-26)21-7-3-8-21)22-9-4-10-24-23(22)13-14-32-30(24)31/h2,4-6,9-15,21H,3,7-8,16-17H2,1H3,(H2,31,32)(H,35,36). The van der Waals surface area contributed by atoms with Gasteiger partial charge in [0.25, 0.3) is 0 Å². The molecule has 0 atom stereocenters. The molecule has 6 rings (SSSR count). The number of hydrogen-bond donors (Lipinski definition) is 2. The molecule has 1 aliphatic rings. The van der Waals surface area contributed by atoms with Crippen molar-refractivity contribution >= 4 is 33.5 Å². The Morgan fingerprint density at radius 3 is 2.70 bits per heavy atom. The van der Waals surface area contributed by atoms with Gasteiger partial charge in [-0.1, -0.05) is 42.5 Å². The summed E-state index contributed by atoms with van der Waals surface area (Å²) in [5, 5.41) is 17.4. The number of aromatic nitrogens is 3. The van der Waals surface area contributed by atoms with Gasteiger partial charge in [0.2, 0.25) is 0 Å². The van der Waals surface area contributed by atoms with Crippen LogP contribution in [0.3, 0.4) is 0 Å². The minimum Gasteiger partial charge on any atom is -0.487 e. The average Bonchev–Trinajstić information content (AvgIpc) is 3.19. The zero-order chi connectivity index (χ0) is 25.5. The Morgan fingerprint density at radius 1 is 1.08 bits per heavy atom. The first kappa shape index (κ1) is 23.0. The molecular formula is C30H28N4O3. The minimum absolute atomic E-state index is 0.0858. The van der Waals surface area contributed by atoms with Gasteiger partial charge >= 0.3 is 5.97 Å². The fourth-order valence-corrected chi connectivity index (χ4v) is 5.23. The zero-order valence-electron chi connectivity index (χ0n) is 20.6. The van der Waals surface area contributed by atoms with Crippen LogP contribution in [0.5, 0.6) is 5.75 Å². The number of hydrogen-bond acceptors (Lipinski definition) is 5. The van der Waals surface area contributed by atoms with Gasteiger partial charge in [0.1, 0.15) is 23.9 Å². The Kier molecular flexibility index (Phi) is 5.75. The molecule has 1 aliphatic carbocycles. The molecule has 5 aromatic rings. The second kappa shape index (κ2) is 9.24. The van der Waals surface area contributed by atoms with Gasteiger partial charge in [0.15, 0.2) is 0 Å². The van der Waals surface area contributed by atoms with Crippen molar-refractivity contribution in [3.8, 4) is 16.9 Å². The van der Waals surface area contributed by atoms with Crippen molar-refractivity contribution in [2.75, 3.05) is 5.73 Å². The molecule has 1 saturated carbocycles. The van der Waals surface area contributed by atoms with Gasteiger partial charge in [-0.2, -0.15) is 5.10 Å². The van der Waals surface area contributed by atoms with Crippen LogP contribution in [0.2, 0.25) is 0 Å². The summed E-state index contributed by atoms with van der Waals surface area (Å²) < 4.78 is 8.42. The van der Waals surface area contributed by atoms with E-state index in [1.54, 1.807) is 12.3 Å². The molecule has 7 heteroatoms. The van der Waals surface area contributed by atoms with Crippen molar-refractivity contribution in [2.24, 2.45) is 0 Å². The quantitative estimate of drug-likeness (QED) is 0.286. The Hall–Kier alpha value is -4.39. The third kappa shape index (κ3) is 4.16. The molecule has 0 bridgehead atoms. The van der Waals surface area contributed by atoms with Gasteiger partial charge < -0.3 is 15.6 Å². The molecule has 1 fully saturated rings. The molecular weight excluding hydrogens is 464 g/mol. The number of nitrogens with two attached hydrogens (primary N) is 1. The number of rotatable bonds is 7. The first-order valence-corrected chi connectivity index (χ1v) is 12.6. The molecule has 0 spiro atoms. The Bertz CT molecular complexity index is 1650. The SMILES string of the molecule is Cc1cccc(CC(=O)O)c1OCc1nn(C2CCC2)c2ccc(-c3cccc4c(N)nccc34)cc12. The van der Waals surface area contributed by atoms with Crippen molar-refractivity contribution in [3.05, 3.63) is 83.7 Å². The summed E-state index contributed by atoms with van der Waals surface area (Å²) in [6, 6.07) is 20.5. The lowest BCUT2D eigenvalue weighted by Crippen LogP contribution is -2.18. The van der Waals surface area contributed by atoms with Crippen LogP contribution in [-0.4, -0.2) is 25.8 Å². The number of nitrogens with zero attached hydrogens (tertiary/aromatic N) is 3. The van der Waals surface area contributed by atoms with Crippen LogP contribution in [0.25, 0.3) is 32.8 Å². The van der Waals surface area contributed by atoms with Crippen LogP contribution in [-0.2, 0) is 17.8 Å². The number of aliphatic carboxylic acids is 1. The van der Waals surface area contributed by atoms with Crippen molar-refractivity contribution in [2.45, 2.75) is 45.3 Å². The van der Waals surface area contributed by atoms with E-state index >= 15 is 0 Å². The van der Waals surface area contributed by atoms with E-state index in [2.05, 4.69) is 33.9 Å². The molecule has 7 nitrogen and oxygen atoms in total. The molecule has 0 aliphatic heterocycles. The van der Waals surface area contributed by atoms with Gasteiger partial charge in [-0.3, -0.25) is 9.48 Å². The highest BCUT2D eigenvalue weighted by Crippen LogP contribution is 2.38. The number of ether oxygens (including phenoxy) is 1. The van der Waals surface area contributed by atoms with E-state index in [9.17, 15) is 9.90 Å². The summed E-state index contributed by atoms with van der Waals surface area (Å²) >= 11 is 0. The second-order valence-corrected chi connectivity index (χ2v) is 9.73. The average molecular weight is 493 g/mol. The maximum absolute atomic E-state index is 11.4. The first-order valence-electron chi connectivity index (χ1n) is 12.6. The van der Waals surface area contributed by atoms with Gasteiger partial charge in [0.05, 0.1) is 18.0 Å². The number of pyridine rings is 1. The fourth-order valence-electron chi connectivity index (χ4n) is 5.23. The van der Waals surface area contributed by atoms with Crippen molar-refractivity contribution in [1.82, 2.24) is 14.8 Å². The lowest BCUT2D eigenvalue weighted by atomic mass is 9.93. The highest BCUT2D eigenvalue weighted by molar-refractivity contribution is 6.02. The number of carbonyl (C=O) groups is 1. The first-order chi connectivity index (χ1) is 18.0. The van der Waals surface area contributed by atoms with Crippen LogP contribution in [0.4, 0.5) is 5.82 Å². The predicted molar refractivity (Wildman–Crippen MR) is 145 cm³/mol. The lowest BCUT2D eigenvalue weighted by molar-refractivity contribution is -0.136. The summed E-state index contributed by atoms with van der Waals surface area (Å²) in [6.07, 6.45) is 5.11. The molecule has 0 saturated heterocycles. The molecule has 186 valence electrons. The maximum atomic E-state index is 11.4. The van der Waals surface area contributed by atoms with Crippen molar-refractivity contribution in [1.29, 1.82) is 0 Å². The zero-order valence-corrected chi connectivity index (χ0v) is 20.6. The van der Waals surface area contributed by atoms with Crippen LogP contribution >= 0.6 is 0 Å². The highest BCUT2D eigenvalue weighted by atomic mass is 16.5. The van der Waals surface area contributed by atoms with E-state index in [1.165, 1.54) is 6.42 Å². The third-order valence-corrected chi connectivity index (χ3v) is 7.34.